The van der Waals surface area contributed by atoms with Crippen LogP contribution in [-0.4, -0.2) is 74.9 Å². The van der Waals surface area contributed by atoms with Crippen molar-refractivity contribution in [3.8, 4) is 0 Å². The fourth-order valence-electron chi connectivity index (χ4n) is 6.61. The Morgan fingerprint density at radius 1 is 0.508 bits per heavy atom. The van der Waals surface area contributed by atoms with E-state index in [1.54, 1.807) is 0 Å². The van der Waals surface area contributed by atoms with Gasteiger partial charge in [0.1, 0.15) is 19.8 Å². The lowest BCUT2D eigenvalue weighted by atomic mass is 10.0. The van der Waals surface area contributed by atoms with E-state index in [0.717, 1.165) is 83.5 Å². The fraction of sp³-hybridized carbons (Fsp3) is 0.736. The van der Waals surface area contributed by atoms with Gasteiger partial charge in [0.15, 0.2) is 6.10 Å². The molecule has 0 aromatic carbocycles. The highest BCUT2D eigenvalue weighted by Gasteiger charge is 2.27. The summed E-state index contributed by atoms with van der Waals surface area (Å²) in [4.78, 5) is 35.4. The zero-order chi connectivity index (χ0) is 46.4. The van der Waals surface area contributed by atoms with Crippen molar-refractivity contribution in [2.75, 3.05) is 47.5 Å². The second-order valence-electron chi connectivity index (χ2n) is 17.8. The zero-order valence-corrected chi connectivity index (χ0v) is 41.9. The van der Waals surface area contributed by atoms with E-state index < -0.39 is 26.5 Å². The number of carbonyl (C=O) groups is 2. The zero-order valence-electron chi connectivity index (χ0n) is 41.0. The molecule has 0 spiro atoms. The maximum absolute atomic E-state index is 12.7. The number of ether oxygens (including phenoxy) is 2. The van der Waals surface area contributed by atoms with E-state index in [9.17, 15) is 19.0 Å². The molecule has 0 aromatic heterocycles. The van der Waals surface area contributed by atoms with E-state index in [-0.39, 0.29) is 32.0 Å². The molecular formula is C53H95NO8P+. The molecule has 0 saturated carbocycles. The SMILES string of the molecule is CC/C=C\C/C=C\C/C=C\C/C=C\C/C=C\C/C=C\CCCCCCCCCCCCC(=O)OC(COC(=O)CCCCCCCCCCCC)COP(=O)(O)OCC[N+](C)(C)C. The van der Waals surface area contributed by atoms with Gasteiger partial charge in [-0.3, -0.25) is 18.6 Å². The fourth-order valence-corrected chi connectivity index (χ4v) is 7.35. The first-order valence-electron chi connectivity index (χ1n) is 25.2. The molecule has 0 rings (SSSR count). The van der Waals surface area contributed by atoms with Crippen LogP contribution in [0.5, 0.6) is 0 Å². The number of esters is 2. The molecule has 0 saturated heterocycles. The van der Waals surface area contributed by atoms with Gasteiger partial charge in [-0.25, -0.2) is 4.57 Å². The van der Waals surface area contributed by atoms with Gasteiger partial charge in [0.2, 0.25) is 0 Å². The number of hydrogen-bond donors (Lipinski definition) is 1. The Balaban J connectivity index is 4.15. The number of rotatable bonds is 45. The van der Waals surface area contributed by atoms with Crippen LogP contribution in [-0.2, 0) is 32.7 Å². The molecule has 2 unspecified atom stereocenters. The molecule has 10 heteroatoms. The molecule has 0 aromatic rings. The van der Waals surface area contributed by atoms with Crippen molar-refractivity contribution in [2.24, 2.45) is 0 Å². The predicted molar refractivity (Wildman–Crippen MR) is 266 cm³/mol. The number of phosphoric acid groups is 1. The lowest BCUT2D eigenvalue weighted by Crippen LogP contribution is -2.37. The highest BCUT2D eigenvalue weighted by Crippen LogP contribution is 2.43. The third-order valence-electron chi connectivity index (χ3n) is 10.5. The van der Waals surface area contributed by atoms with E-state index in [4.69, 9.17) is 18.5 Å². The van der Waals surface area contributed by atoms with Crippen LogP contribution in [0, 0.1) is 0 Å². The van der Waals surface area contributed by atoms with Crippen LogP contribution in [0.1, 0.15) is 200 Å². The van der Waals surface area contributed by atoms with Gasteiger partial charge in [-0.1, -0.05) is 196 Å². The molecular weight excluding hydrogens is 810 g/mol. The summed E-state index contributed by atoms with van der Waals surface area (Å²) < 4.78 is 34.3. The Labute approximate surface area is 387 Å². The maximum Gasteiger partial charge on any atom is 0.472 e. The maximum atomic E-state index is 12.7. The van der Waals surface area contributed by atoms with Crippen molar-refractivity contribution in [2.45, 2.75) is 206 Å². The molecule has 0 radical (unpaired) electrons. The van der Waals surface area contributed by atoms with Crippen LogP contribution in [0.4, 0.5) is 0 Å². The van der Waals surface area contributed by atoms with Crippen LogP contribution in [0.25, 0.3) is 0 Å². The summed E-state index contributed by atoms with van der Waals surface area (Å²) in [6.07, 6.45) is 56.8. The summed E-state index contributed by atoms with van der Waals surface area (Å²) in [6.45, 7) is 4.29. The Hall–Kier alpha value is -2.55. The first kappa shape index (κ1) is 60.5. The quantitative estimate of drug-likeness (QED) is 0.0212. The van der Waals surface area contributed by atoms with E-state index in [1.807, 2.05) is 21.1 Å². The number of allylic oxidation sites excluding steroid dienone is 12. The molecule has 0 aliphatic carbocycles. The minimum Gasteiger partial charge on any atom is -0.462 e. The van der Waals surface area contributed by atoms with E-state index >= 15 is 0 Å². The lowest BCUT2D eigenvalue weighted by Gasteiger charge is -2.24. The first-order valence-corrected chi connectivity index (χ1v) is 26.7. The topological polar surface area (TPSA) is 108 Å². The second kappa shape index (κ2) is 44.6. The van der Waals surface area contributed by atoms with Crippen molar-refractivity contribution in [3.63, 3.8) is 0 Å². The Kier molecular flexibility index (Phi) is 42.8. The largest absolute Gasteiger partial charge is 0.472 e. The Bertz CT molecular complexity index is 1300. The predicted octanol–water partition coefficient (Wildman–Crippen LogP) is 15.0. The Morgan fingerprint density at radius 3 is 1.35 bits per heavy atom. The summed E-state index contributed by atoms with van der Waals surface area (Å²) in [5.41, 5.74) is 0. The molecule has 0 heterocycles. The number of unbranched alkanes of at least 4 members (excludes halogenated alkanes) is 19. The third kappa shape index (κ3) is 48.7. The summed E-state index contributed by atoms with van der Waals surface area (Å²) in [5.74, 6) is -0.806. The number of likely N-dealkylation sites (N-methyl/N-ethyl adjacent to an activating group) is 1. The summed E-state index contributed by atoms with van der Waals surface area (Å²) in [7, 11) is 1.47. The molecule has 0 fully saturated rings. The molecule has 364 valence electrons. The van der Waals surface area contributed by atoms with Crippen LogP contribution in [0.15, 0.2) is 72.9 Å². The van der Waals surface area contributed by atoms with Gasteiger partial charge in [0, 0.05) is 12.8 Å². The molecule has 1 N–H and O–H groups in total. The normalized spacial score (nSPS) is 14.1. The van der Waals surface area contributed by atoms with Gasteiger partial charge in [-0.05, 0) is 64.2 Å². The third-order valence-corrected chi connectivity index (χ3v) is 11.5. The monoisotopic (exact) mass is 905 g/mol. The molecule has 63 heavy (non-hydrogen) atoms. The molecule has 0 bridgehead atoms. The molecule has 9 nitrogen and oxygen atoms in total. The minimum absolute atomic E-state index is 0.0291. The van der Waals surface area contributed by atoms with Gasteiger partial charge in [-0.15, -0.1) is 0 Å². The van der Waals surface area contributed by atoms with Crippen molar-refractivity contribution in [1.29, 1.82) is 0 Å². The summed E-state index contributed by atoms with van der Waals surface area (Å²) in [6, 6.07) is 0. The van der Waals surface area contributed by atoms with Crippen LogP contribution in [0.3, 0.4) is 0 Å². The number of nitrogens with zero attached hydrogens (tertiary/aromatic N) is 1. The van der Waals surface area contributed by atoms with Gasteiger partial charge < -0.3 is 18.9 Å². The van der Waals surface area contributed by atoms with Crippen LogP contribution in [0.2, 0.25) is 0 Å². The van der Waals surface area contributed by atoms with Gasteiger partial charge in [0.05, 0.1) is 27.7 Å². The van der Waals surface area contributed by atoms with Crippen LogP contribution >= 0.6 is 7.82 Å². The van der Waals surface area contributed by atoms with E-state index in [1.165, 1.54) is 83.5 Å². The smallest absolute Gasteiger partial charge is 0.462 e. The van der Waals surface area contributed by atoms with Crippen molar-refractivity contribution >= 4 is 19.8 Å². The Morgan fingerprint density at radius 2 is 0.905 bits per heavy atom. The van der Waals surface area contributed by atoms with Crippen LogP contribution < -0.4 is 0 Å². The highest BCUT2D eigenvalue weighted by molar-refractivity contribution is 7.47. The number of hydrogen-bond acceptors (Lipinski definition) is 7. The molecule has 2 atom stereocenters. The lowest BCUT2D eigenvalue weighted by molar-refractivity contribution is -0.870. The number of quaternary nitrogens is 1. The van der Waals surface area contributed by atoms with Gasteiger partial charge in [0.25, 0.3) is 0 Å². The first-order chi connectivity index (χ1) is 30.5. The van der Waals surface area contributed by atoms with Gasteiger partial charge in [-0.2, -0.15) is 0 Å². The number of phosphoric ester groups is 1. The minimum atomic E-state index is -4.38. The van der Waals surface area contributed by atoms with E-state index in [2.05, 4.69) is 86.8 Å². The average Bonchev–Trinajstić information content (AvgIpc) is 3.24. The summed E-state index contributed by atoms with van der Waals surface area (Å²) >= 11 is 0. The standard InChI is InChI=1S/C53H94NO8P/c1-6-8-10-12-14-16-18-19-20-21-22-23-24-25-26-27-28-29-30-31-32-33-34-35-36-38-40-42-44-46-53(56)62-51(50-61-63(57,58)60-48-47-54(3,4)5)49-59-52(55)45-43-41-39-37-17-15-13-11-9-7-2/h8,10,14,16,19-20,22-23,25-26,28-29,51H,6-7,9,11-13,15,17-18,21,24,27,30-50H2,1-5H3/p+1/b10-8-,16-14-,20-19-,23-22-,26-25-,29-28-. The van der Waals surface area contributed by atoms with Crippen molar-refractivity contribution < 1.29 is 42.1 Å². The molecule has 0 amide bonds. The molecule has 0 aliphatic rings. The summed E-state index contributed by atoms with van der Waals surface area (Å²) in [5, 5.41) is 0. The van der Waals surface area contributed by atoms with Crippen molar-refractivity contribution in [1.82, 2.24) is 0 Å². The number of carbonyl (C=O) groups excluding carboxylic acids is 2. The molecule has 0 aliphatic heterocycles. The average molecular weight is 905 g/mol. The highest BCUT2D eigenvalue weighted by atomic mass is 31.2. The van der Waals surface area contributed by atoms with E-state index in [0.29, 0.717) is 17.4 Å². The second-order valence-corrected chi connectivity index (χ2v) is 19.3. The van der Waals surface area contributed by atoms with Crippen molar-refractivity contribution in [3.05, 3.63) is 72.9 Å². The van der Waals surface area contributed by atoms with Gasteiger partial charge >= 0.3 is 19.8 Å².